The summed E-state index contributed by atoms with van der Waals surface area (Å²) >= 11 is 1.79. The Labute approximate surface area is 119 Å². The number of hydrogen-bond acceptors (Lipinski definition) is 3. The summed E-state index contributed by atoms with van der Waals surface area (Å²) in [7, 11) is 0. The van der Waals surface area contributed by atoms with Crippen molar-refractivity contribution in [3.8, 4) is 0 Å². The van der Waals surface area contributed by atoms with Crippen LogP contribution in [0.4, 0.5) is 0 Å². The van der Waals surface area contributed by atoms with Crippen molar-refractivity contribution in [2.24, 2.45) is 5.92 Å². The highest BCUT2D eigenvalue weighted by Crippen LogP contribution is 2.35. The lowest BCUT2D eigenvalue weighted by atomic mass is 9.81. The highest BCUT2D eigenvalue weighted by Gasteiger charge is 2.24. The summed E-state index contributed by atoms with van der Waals surface area (Å²) in [6.07, 6.45) is 9.00. The molecule has 1 fully saturated rings. The summed E-state index contributed by atoms with van der Waals surface area (Å²) in [5, 5.41) is 5.82. The van der Waals surface area contributed by atoms with E-state index in [1.807, 2.05) is 0 Å². The molecular formula is C16H22N2S. The molecule has 1 saturated carbocycles. The Morgan fingerprint density at radius 3 is 3.00 bits per heavy atom. The summed E-state index contributed by atoms with van der Waals surface area (Å²) < 4.78 is 1.32. The van der Waals surface area contributed by atoms with E-state index < -0.39 is 0 Å². The van der Waals surface area contributed by atoms with Crippen LogP contribution in [0, 0.1) is 5.92 Å². The smallest absolute Gasteiger partial charge is 0.0809 e. The monoisotopic (exact) mass is 274 g/mol. The van der Waals surface area contributed by atoms with Gasteiger partial charge in [0.05, 0.1) is 10.2 Å². The average molecular weight is 274 g/mol. The minimum Gasteiger partial charge on any atom is -0.310 e. The van der Waals surface area contributed by atoms with Crippen LogP contribution in [0.1, 0.15) is 50.6 Å². The summed E-state index contributed by atoms with van der Waals surface area (Å²) in [5.74, 6) is 0.785. The molecule has 2 heterocycles. The van der Waals surface area contributed by atoms with Crippen LogP contribution in [0.25, 0.3) is 10.2 Å². The fourth-order valence-electron chi connectivity index (χ4n) is 3.28. The van der Waals surface area contributed by atoms with Crippen molar-refractivity contribution >= 4 is 21.6 Å². The normalized spacial score (nSPS) is 18.8. The molecule has 1 aliphatic carbocycles. The van der Waals surface area contributed by atoms with Crippen molar-refractivity contribution < 1.29 is 0 Å². The number of fused-ring (bicyclic) bond motifs is 1. The van der Waals surface area contributed by atoms with Gasteiger partial charge < -0.3 is 5.32 Å². The Balaban J connectivity index is 1.88. The first-order chi connectivity index (χ1) is 9.38. The van der Waals surface area contributed by atoms with Crippen LogP contribution >= 0.6 is 11.3 Å². The quantitative estimate of drug-likeness (QED) is 0.886. The van der Waals surface area contributed by atoms with Crippen LogP contribution in [0.5, 0.6) is 0 Å². The number of nitrogens with zero attached hydrogens (tertiary/aromatic N) is 1. The first-order valence-corrected chi connectivity index (χ1v) is 8.33. The Kier molecular flexibility index (Phi) is 4.14. The van der Waals surface area contributed by atoms with Crippen molar-refractivity contribution in [3.63, 3.8) is 0 Å². The van der Waals surface area contributed by atoms with E-state index >= 15 is 0 Å². The Hall–Kier alpha value is -0.930. The van der Waals surface area contributed by atoms with Gasteiger partial charge in [0.25, 0.3) is 0 Å². The van der Waals surface area contributed by atoms with Gasteiger partial charge in [0.15, 0.2) is 0 Å². The molecule has 1 unspecified atom stereocenters. The highest BCUT2D eigenvalue weighted by atomic mass is 32.1. The fraction of sp³-hybridized carbons (Fsp3) is 0.562. The van der Waals surface area contributed by atoms with Crippen LogP contribution in [0.15, 0.2) is 23.7 Å². The zero-order valence-corrected chi connectivity index (χ0v) is 12.4. The fourth-order valence-corrected chi connectivity index (χ4v) is 4.06. The molecule has 1 N–H and O–H groups in total. The Morgan fingerprint density at radius 2 is 2.21 bits per heavy atom. The summed E-state index contributed by atoms with van der Waals surface area (Å²) in [5.41, 5.74) is 2.51. The molecule has 2 aromatic rings. The second-order valence-electron chi connectivity index (χ2n) is 5.51. The molecule has 0 amide bonds. The van der Waals surface area contributed by atoms with Gasteiger partial charge in [0.1, 0.15) is 0 Å². The second kappa shape index (κ2) is 6.02. The van der Waals surface area contributed by atoms with Gasteiger partial charge in [-0.05, 0) is 48.4 Å². The minimum absolute atomic E-state index is 0.490. The number of rotatable bonds is 4. The number of hydrogen-bond donors (Lipinski definition) is 1. The predicted octanol–water partition coefficient (Wildman–Crippen LogP) is 4.53. The molecule has 0 aliphatic heterocycles. The molecule has 0 bridgehead atoms. The largest absolute Gasteiger partial charge is 0.310 e. The van der Waals surface area contributed by atoms with Crippen molar-refractivity contribution in [2.45, 2.75) is 45.1 Å². The van der Waals surface area contributed by atoms with E-state index in [0.717, 1.165) is 18.0 Å². The van der Waals surface area contributed by atoms with E-state index in [1.54, 1.807) is 11.3 Å². The van der Waals surface area contributed by atoms with Gasteiger partial charge in [-0.3, -0.25) is 4.98 Å². The van der Waals surface area contributed by atoms with Gasteiger partial charge >= 0.3 is 0 Å². The van der Waals surface area contributed by atoms with Crippen LogP contribution in [0.3, 0.4) is 0 Å². The number of nitrogens with one attached hydrogen (secondary N) is 1. The Morgan fingerprint density at radius 1 is 1.37 bits per heavy atom. The van der Waals surface area contributed by atoms with E-state index in [4.69, 9.17) is 0 Å². The molecular weight excluding hydrogens is 252 g/mol. The molecule has 102 valence electrons. The highest BCUT2D eigenvalue weighted by molar-refractivity contribution is 7.17. The molecule has 1 aliphatic rings. The van der Waals surface area contributed by atoms with Crippen LogP contribution in [-0.2, 0) is 0 Å². The van der Waals surface area contributed by atoms with Crippen molar-refractivity contribution in [1.82, 2.24) is 10.3 Å². The second-order valence-corrected chi connectivity index (χ2v) is 6.45. The zero-order chi connectivity index (χ0) is 13.1. The first kappa shape index (κ1) is 13.1. The molecule has 0 radical (unpaired) electrons. The number of aromatic nitrogens is 1. The average Bonchev–Trinajstić information content (AvgIpc) is 2.93. The first-order valence-electron chi connectivity index (χ1n) is 7.45. The molecule has 2 nitrogen and oxygen atoms in total. The third kappa shape index (κ3) is 2.82. The standard InChI is InChI=1S/C16H22N2S/c1-2-17-16(12-6-4-3-5-7-12)13-10-15-14(18-11-13)8-9-19-15/h8-12,16-17H,2-7H2,1H3. The SMILES string of the molecule is CCNC(c1cnc2ccsc2c1)C1CCCCC1. The van der Waals surface area contributed by atoms with E-state index in [9.17, 15) is 0 Å². The lowest BCUT2D eigenvalue weighted by Crippen LogP contribution is -2.29. The summed E-state index contributed by atoms with van der Waals surface area (Å²) in [6, 6.07) is 4.94. The van der Waals surface area contributed by atoms with Crippen LogP contribution in [0.2, 0.25) is 0 Å². The maximum absolute atomic E-state index is 4.61. The molecule has 2 aromatic heterocycles. The lowest BCUT2D eigenvalue weighted by Gasteiger charge is -2.31. The molecule has 19 heavy (non-hydrogen) atoms. The van der Waals surface area contributed by atoms with Gasteiger partial charge in [-0.1, -0.05) is 26.2 Å². The predicted molar refractivity (Wildman–Crippen MR) is 82.6 cm³/mol. The van der Waals surface area contributed by atoms with E-state index in [0.29, 0.717) is 6.04 Å². The van der Waals surface area contributed by atoms with Crippen molar-refractivity contribution in [1.29, 1.82) is 0 Å². The van der Waals surface area contributed by atoms with E-state index in [2.05, 4.69) is 40.9 Å². The molecule has 3 rings (SSSR count). The van der Waals surface area contributed by atoms with Gasteiger partial charge in [-0.25, -0.2) is 0 Å². The van der Waals surface area contributed by atoms with E-state index in [1.165, 1.54) is 42.4 Å². The lowest BCUT2D eigenvalue weighted by molar-refractivity contribution is 0.274. The van der Waals surface area contributed by atoms with Crippen molar-refractivity contribution in [3.05, 3.63) is 29.3 Å². The molecule has 0 saturated heterocycles. The Bertz CT molecular complexity index is 528. The van der Waals surface area contributed by atoms with Crippen LogP contribution < -0.4 is 5.32 Å². The zero-order valence-electron chi connectivity index (χ0n) is 11.6. The molecule has 0 aromatic carbocycles. The molecule has 1 atom stereocenters. The number of thiophene rings is 1. The molecule has 0 spiro atoms. The van der Waals surface area contributed by atoms with Gasteiger partial charge in [-0.15, -0.1) is 11.3 Å². The van der Waals surface area contributed by atoms with Crippen LogP contribution in [-0.4, -0.2) is 11.5 Å². The van der Waals surface area contributed by atoms with Crippen molar-refractivity contribution in [2.75, 3.05) is 6.54 Å². The maximum atomic E-state index is 4.61. The number of pyridine rings is 1. The van der Waals surface area contributed by atoms with Gasteiger partial charge in [0, 0.05) is 12.2 Å². The summed E-state index contributed by atoms with van der Waals surface area (Å²) in [4.78, 5) is 4.61. The minimum atomic E-state index is 0.490. The third-order valence-corrected chi connectivity index (χ3v) is 5.08. The molecule has 3 heteroatoms. The maximum Gasteiger partial charge on any atom is 0.0809 e. The van der Waals surface area contributed by atoms with E-state index in [-0.39, 0.29) is 0 Å². The van der Waals surface area contributed by atoms with Gasteiger partial charge in [0.2, 0.25) is 0 Å². The summed E-state index contributed by atoms with van der Waals surface area (Å²) in [6.45, 7) is 3.23. The third-order valence-electron chi connectivity index (χ3n) is 4.23. The topological polar surface area (TPSA) is 24.9 Å². The van der Waals surface area contributed by atoms with Gasteiger partial charge in [-0.2, -0.15) is 0 Å².